The molecule has 0 radical (unpaired) electrons. The van der Waals surface area contributed by atoms with E-state index in [0.29, 0.717) is 0 Å². The Kier molecular flexibility index (Phi) is 3.78. The van der Waals surface area contributed by atoms with Crippen molar-refractivity contribution in [3.05, 3.63) is 0 Å². The molecule has 0 aromatic rings. The fourth-order valence-corrected chi connectivity index (χ4v) is 4.86. The van der Waals surface area contributed by atoms with E-state index in [-0.39, 0.29) is 10.7 Å². The van der Waals surface area contributed by atoms with Crippen LogP contribution in [0, 0.1) is 5.41 Å². The molecule has 1 aliphatic rings. The Morgan fingerprint density at radius 3 is 1.69 bits per heavy atom. The Balaban J connectivity index is 3.01. The molecule has 0 saturated heterocycles. The third-order valence-electron chi connectivity index (χ3n) is 4.51. The molecular weight excluding hydrogens is 220 g/mol. The van der Waals surface area contributed by atoms with Gasteiger partial charge in [-0.1, -0.05) is 40.0 Å². The highest BCUT2D eigenvalue weighted by Gasteiger charge is 2.48. The predicted molar refractivity (Wildman–Crippen MR) is 69.3 cm³/mol. The third-order valence-corrected chi connectivity index (χ3v) is 7.89. The molecule has 0 amide bonds. The maximum Gasteiger partial charge on any atom is 0.158 e. The van der Waals surface area contributed by atoms with E-state index in [1.807, 2.05) is 34.6 Å². The van der Waals surface area contributed by atoms with Crippen molar-refractivity contribution in [2.24, 2.45) is 5.41 Å². The zero-order valence-electron chi connectivity index (χ0n) is 11.3. The smallest absolute Gasteiger partial charge is 0.158 e. The second-order valence-electron chi connectivity index (χ2n) is 6.57. The van der Waals surface area contributed by atoms with Crippen molar-refractivity contribution in [1.29, 1.82) is 0 Å². The summed E-state index contributed by atoms with van der Waals surface area (Å²) in [5, 5.41) is -0.101. The lowest BCUT2D eigenvalue weighted by atomic mass is 9.82. The van der Waals surface area contributed by atoms with Crippen LogP contribution in [-0.2, 0) is 9.84 Å². The molecule has 0 aliphatic heterocycles. The van der Waals surface area contributed by atoms with Crippen molar-refractivity contribution in [3.63, 3.8) is 0 Å². The van der Waals surface area contributed by atoms with E-state index < -0.39 is 14.6 Å². The summed E-state index contributed by atoms with van der Waals surface area (Å²) in [6.45, 7) is 9.84. The molecule has 0 N–H and O–H groups in total. The van der Waals surface area contributed by atoms with Crippen LogP contribution in [0.2, 0.25) is 0 Å². The minimum atomic E-state index is -3.02. The summed E-state index contributed by atoms with van der Waals surface area (Å²) < 4.78 is 24.7. The van der Waals surface area contributed by atoms with E-state index in [9.17, 15) is 8.42 Å². The lowest BCUT2D eigenvalue weighted by Crippen LogP contribution is -2.49. The van der Waals surface area contributed by atoms with Crippen LogP contribution in [0.15, 0.2) is 0 Å². The largest absolute Gasteiger partial charge is 0.228 e. The van der Waals surface area contributed by atoms with Crippen LogP contribution < -0.4 is 0 Å². The zero-order chi connectivity index (χ0) is 12.6. The van der Waals surface area contributed by atoms with Gasteiger partial charge in [0.25, 0.3) is 0 Å². The van der Waals surface area contributed by atoms with Gasteiger partial charge in [0.2, 0.25) is 0 Å². The normalized spacial score (nSPS) is 21.1. The van der Waals surface area contributed by atoms with E-state index >= 15 is 0 Å². The highest BCUT2D eigenvalue weighted by Crippen LogP contribution is 2.41. The molecule has 2 nitrogen and oxygen atoms in total. The molecule has 0 bridgehead atoms. The molecule has 1 saturated carbocycles. The summed E-state index contributed by atoms with van der Waals surface area (Å²) in [7, 11) is -3.02. The van der Waals surface area contributed by atoms with Gasteiger partial charge < -0.3 is 0 Å². The van der Waals surface area contributed by atoms with E-state index in [2.05, 4.69) is 0 Å². The molecule has 1 aliphatic carbocycles. The predicted octanol–water partition coefficient (Wildman–Crippen LogP) is 3.56. The lowest BCUT2D eigenvalue weighted by Gasteiger charge is -2.41. The minimum Gasteiger partial charge on any atom is -0.228 e. The zero-order valence-corrected chi connectivity index (χ0v) is 12.2. The second kappa shape index (κ2) is 4.32. The molecule has 96 valence electrons. The quantitative estimate of drug-likeness (QED) is 0.746. The van der Waals surface area contributed by atoms with Gasteiger partial charge in [-0.15, -0.1) is 0 Å². The fraction of sp³-hybridized carbons (Fsp3) is 1.00. The monoisotopic (exact) mass is 246 g/mol. The lowest BCUT2D eigenvalue weighted by molar-refractivity contribution is 0.296. The average molecular weight is 246 g/mol. The van der Waals surface area contributed by atoms with Gasteiger partial charge in [-0.3, -0.25) is 0 Å². The second-order valence-corrected chi connectivity index (χ2v) is 9.34. The molecule has 3 heteroatoms. The molecule has 1 fully saturated rings. The van der Waals surface area contributed by atoms with Crippen LogP contribution in [0.1, 0.15) is 66.7 Å². The Morgan fingerprint density at radius 1 is 0.875 bits per heavy atom. The number of hydrogen-bond acceptors (Lipinski definition) is 2. The van der Waals surface area contributed by atoms with Gasteiger partial charge in [0, 0.05) is 0 Å². The Bertz CT molecular complexity index is 327. The van der Waals surface area contributed by atoms with E-state index in [0.717, 1.165) is 25.7 Å². The van der Waals surface area contributed by atoms with Crippen LogP contribution in [0.4, 0.5) is 0 Å². The SMILES string of the molecule is CC(C)(C)C(C)(C)S(=O)(=O)C1CCCCC1. The van der Waals surface area contributed by atoms with Gasteiger partial charge in [0.1, 0.15) is 0 Å². The number of hydrogen-bond donors (Lipinski definition) is 0. The molecule has 0 spiro atoms. The van der Waals surface area contributed by atoms with Crippen molar-refractivity contribution in [1.82, 2.24) is 0 Å². The summed E-state index contributed by atoms with van der Waals surface area (Å²) in [5.41, 5.74) is -0.205. The van der Waals surface area contributed by atoms with Crippen LogP contribution in [0.25, 0.3) is 0 Å². The first kappa shape index (κ1) is 14.0. The van der Waals surface area contributed by atoms with Gasteiger partial charge >= 0.3 is 0 Å². The van der Waals surface area contributed by atoms with Gasteiger partial charge in [-0.2, -0.15) is 0 Å². The first-order chi connectivity index (χ1) is 7.11. The van der Waals surface area contributed by atoms with Crippen molar-refractivity contribution in [3.8, 4) is 0 Å². The number of sulfone groups is 1. The summed E-state index contributed by atoms with van der Waals surface area (Å²) >= 11 is 0. The van der Waals surface area contributed by atoms with Crippen LogP contribution in [0.3, 0.4) is 0 Å². The highest BCUT2D eigenvalue weighted by molar-refractivity contribution is 7.93. The Hall–Kier alpha value is -0.0500. The van der Waals surface area contributed by atoms with Gasteiger partial charge in [0.05, 0.1) is 10.00 Å². The molecule has 0 heterocycles. The van der Waals surface area contributed by atoms with Crippen LogP contribution in [-0.4, -0.2) is 18.4 Å². The molecule has 16 heavy (non-hydrogen) atoms. The molecule has 0 aromatic heterocycles. The first-order valence-corrected chi connectivity index (χ1v) is 7.89. The maximum absolute atomic E-state index is 12.7. The van der Waals surface area contributed by atoms with Gasteiger partial charge in [0.15, 0.2) is 9.84 Å². The summed E-state index contributed by atoms with van der Waals surface area (Å²) in [6, 6.07) is 0. The van der Waals surface area contributed by atoms with Gasteiger partial charge in [-0.25, -0.2) is 8.42 Å². The standard InChI is InChI=1S/C13H26O2S/c1-12(2,3)13(4,5)16(14,15)11-9-7-6-8-10-11/h11H,6-10H2,1-5H3. The molecule has 1 rings (SSSR count). The number of rotatable bonds is 2. The summed E-state index contributed by atoms with van der Waals surface area (Å²) in [5.74, 6) is 0. The highest BCUT2D eigenvalue weighted by atomic mass is 32.2. The van der Waals surface area contributed by atoms with E-state index in [4.69, 9.17) is 0 Å². The molecule has 0 unspecified atom stereocenters. The third kappa shape index (κ3) is 2.29. The maximum atomic E-state index is 12.7. The molecule has 0 atom stereocenters. The topological polar surface area (TPSA) is 34.1 Å². The summed E-state index contributed by atoms with van der Waals surface area (Å²) in [6.07, 6.45) is 5.07. The fourth-order valence-electron chi connectivity index (χ4n) is 2.22. The van der Waals surface area contributed by atoms with Crippen LogP contribution in [0.5, 0.6) is 0 Å². The Labute approximate surface area is 101 Å². The van der Waals surface area contributed by atoms with E-state index in [1.54, 1.807) is 0 Å². The molecular formula is C13H26O2S. The van der Waals surface area contributed by atoms with Crippen molar-refractivity contribution in [2.45, 2.75) is 76.7 Å². The van der Waals surface area contributed by atoms with Crippen LogP contribution >= 0.6 is 0 Å². The minimum absolute atomic E-state index is 0.101. The summed E-state index contributed by atoms with van der Waals surface area (Å²) in [4.78, 5) is 0. The Morgan fingerprint density at radius 2 is 1.31 bits per heavy atom. The first-order valence-electron chi connectivity index (χ1n) is 6.34. The molecule has 0 aromatic carbocycles. The van der Waals surface area contributed by atoms with Crippen molar-refractivity contribution >= 4 is 9.84 Å². The van der Waals surface area contributed by atoms with Crippen molar-refractivity contribution in [2.75, 3.05) is 0 Å². The van der Waals surface area contributed by atoms with Gasteiger partial charge in [-0.05, 0) is 32.1 Å². The van der Waals surface area contributed by atoms with Crippen molar-refractivity contribution < 1.29 is 8.42 Å². The average Bonchev–Trinajstić information content (AvgIpc) is 2.17. The van der Waals surface area contributed by atoms with E-state index in [1.165, 1.54) is 6.42 Å².